The second-order valence-corrected chi connectivity index (χ2v) is 7.87. The van der Waals surface area contributed by atoms with E-state index in [4.69, 9.17) is 0 Å². The highest BCUT2D eigenvalue weighted by Gasteiger charge is 2.21. The van der Waals surface area contributed by atoms with Crippen LogP contribution in [-0.4, -0.2) is 5.91 Å². The molecule has 3 aromatic carbocycles. The molecule has 0 fully saturated rings. The molecule has 0 unspecified atom stereocenters. The standard InChI is InChI=1S/C25H19BrFNO/c26-21-8-6-17(7-9-21)12-19-13-20(24-15-22(27)10-11-23(19)24)14-25(29)28-16-18-4-2-1-3-5-18/h1-13,15H,14,16H2,(H,28,29). The van der Waals surface area contributed by atoms with Crippen LogP contribution in [0.4, 0.5) is 4.39 Å². The van der Waals surface area contributed by atoms with Gasteiger partial charge in [0.15, 0.2) is 0 Å². The van der Waals surface area contributed by atoms with E-state index in [1.807, 2.05) is 60.7 Å². The van der Waals surface area contributed by atoms with E-state index in [-0.39, 0.29) is 18.1 Å². The minimum atomic E-state index is -0.302. The van der Waals surface area contributed by atoms with Crippen molar-refractivity contribution in [2.75, 3.05) is 0 Å². The molecule has 0 spiro atoms. The van der Waals surface area contributed by atoms with Crippen molar-refractivity contribution in [2.45, 2.75) is 13.0 Å². The largest absolute Gasteiger partial charge is 0.352 e. The van der Waals surface area contributed by atoms with E-state index in [9.17, 15) is 9.18 Å². The Balaban J connectivity index is 1.56. The lowest BCUT2D eigenvalue weighted by Crippen LogP contribution is -2.22. The quantitative estimate of drug-likeness (QED) is 0.493. The van der Waals surface area contributed by atoms with Gasteiger partial charge in [0.25, 0.3) is 0 Å². The van der Waals surface area contributed by atoms with Gasteiger partial charge in [-0.3, -0.25) is 4.79 Å². The second kappa shape index (κ2) is 8.58. The van der Waals surface area contributed by atoms with Gasteiger partial charge in [-0.05, 0) is 69.8 Å². The Morgan fingerprint density at radius 1 is 0.966 bits per heavy atom. The van der Waals surface area contributed by atoms with E-state index in [0.717, 1.165) is 37.9 Å². The number of halogens is 2. The zero-order valence-corrected chi connectivity index (χ0v) is 17.2. The summed E-state index contributed by atoms with van der Waals surface area (Å²) in [4.78, 5) is 12.5. The number of carbonyl (C=O) groups is 1. The number of carbonyl (C=O) groups excluding carboxylic acids is 1. The van der Waals surface area contributed by atoms with E-state index < -0.39 is 0 Å². The third-order valence-corrected chi connectivity index (χ3v) is 5.37. The monoisotopic (exact) mass is 447 g/mol. The summed E-state index contributed by atoms with van der Waals surface area (Å²) in [6, 6.07) is 22.5. The molecule has 2 nitrogen and oxygen atoms in total. The first-order chi connectivity index (χ1) is 14.1. The average molecular weight is 448 g/mol. The molecule has 0 saturated heterocycles. The Hall–Kier alpha value is -2.98. The smallest absolute Gasteiger partial charge is 0.224 e. The van der Waals surface area contributed by atoms with E-state index >= 15 is 0 Å². The van der Waals surface area contributed by atoms with Crippen LogP contribution in [0, 0.1) is 5.82 Å². The van der Waals surface area contributed by atoms with Crippen LogP contribution < -0.4 is 5.32 Å². The van der Waals surface area contributed by atoms with E-state index in [0.29, 0.717) is 6.54 Å². The number of hydrogen-bond acceptors (Lipinski definition) is 1. The Morgan fingerprint density at radius 2 is 1.72 bits per heavy atom. The molecule has 1 aliphatic carbocycles. The predicted octanol–water partition coefficient (Wildman–Crippen LogP) is 6.23. The van der Waals surface area contributed by atoms with Crippen molar-refractivity contribution in [2.24, 2.45) is 0 Å². The molecule has 0 aromatic heterocycles. The van der Waals surface area contributed by atoms with Gasteiger partial charge in [0.2, 0.25) is 5.91 Å². The molecule has 4 rings (SSSR count). The summed E-state index contributed by atoms with van der Waals surface area (Å²) >= 11 is 3.44. The topological polar surface area (TPSA) is 29.1 Å². The number of amides is 1. The summed E-state index contributed by atoms with van der Waals surface area (Å²) in [5, 5.41) is 2.94. The first-order valence-electron chi connectivity index (χ1n) is 9.37. The fourth-order valence-corrected chi connectivity index (χ4v) is 3.68. The summed E-state index contributed by atoms with van der Waals surface area (Å²) in [6.07, 6.45) is 4.24. The predicted molar refractivity (Wildman–Crippen MR) is 119 cm³/mol. The fraction of sp³-hybridized carbons (Fsp3) is 0.0800. The van der Waals surface area contributed by atoms with Crippen LogP contribution >= 0.6 is 15.9 Å². The van der Waals surface area contributed by atoms with Crippen molar-refractivity contribution in [3.63, 3.8) is 0 Å². The van der Waals surface area contributed by atoms with Crippen molar-refractivity contribution in [3.8, 4) is 0 Å². The van der Waals surface area contributed by atoms with Crippen molar-refractivity contribution < 1.29 is 9.18 Å². The number of hydrogen-bond donors (Lipinski definition) is 1. The highest BCUT2D eigenvalue weighted by Crippen LogP contribution is 2.38. The van der Waals surface area contributed by atoms with Crippen LogP contribution in [0.15, 0.2) is 83.3 Å². The molecule has 0 heterocycles. The Kier molecular flexibility index (Phi) is 5.72. The maximum atomic E-state index is 13.9. The van der Waals surface area contributed by atoms with E-state index in [1.54, 1.807) is 6.07 Å². The van der Waals surface area contributed by atoms with Crippen LogP contribution in [0.2, 0.25) is 0 Å². The van der Waals surface area contributed by atoms with Gasteiger partial charge in [0, 0.05) is 11.0 Å². The van der Waals surface area contributed by atoms with Gasteiger partial charge in [-0.1, -0.05) is 64.5 Å². The minimum absolute atomic E-state index is 0.0831. The van der Waals surface area contributed by atoms with Crippen molar-refractivity contribution in [1.82, 2.24) is 5.32 Å². The van der Waals surface area contributed by atoms with E-state index in [2.05, 4.69) is 27.3 Å². The Morgan fingerprint density at radius 3 is 2.48 bits per heavy atom. The normalized spacial score (nSPS) is 13.9. The van der Waals surface area contributed by atoms with Crippen LogP contribution in [0.25, 0.3) is 17.2 Å². The molecule has 3 aromatic rings. The molecule has 0 saturated carbocycles. The van der Waals surface area contributed by atoms with Gasteiger partial charge in [-0.25, -0.2) is 4.39 Å². The summed E-state index contributed by atoms with van der Waals surface area (Å²) in [6.45, 7) is 0.477. The lowest BCUT2D eigenvalue weighted by atomic mass is 10.0. The van der Waals surface area contributed by atoms with Crippen molar-refractivity contribution >= 4 is 39.1 Å². The van der Waals surface area contributed by atoms with Crippen LogP contribution in [-0.2, 0) is 11.3 Å². The molecular formula is C25H19BrFNO. The van der Waals surface area contributed by atoms with Gasteiger partial charge in [-0.15, -0.1) is 0 Å². The summed E-state index contributed by atoms with van der Waals surface area (Å²) in [7, 11) is 0. The Labute approximate surface area is 177 Å². The maximum absolute atomic E-state index is 13.9. The lowest BCUT2D eigenvalue weighted by molar-refractivity contribution is -0.120. The second-order valence-electron chi connectivity index (χ2n) is 6.95. The molecular weight excluding hydrogens is 429 g/mol. The van der Waals surface area contributed by atoms with Crippen LogP contribution in [0.5, 0.6) is 0 Å². The molecule has 4 heteroatoms. The molecule has 1 amide bonds. The first-order valence-corrected chi connectivity index (χ1v) is 10.2. The molecule has 0 bridgehead atoms. The van der Waals surface area contributed by atoms with Gasteiger partial charge >= 0.3 is 0 Å². The molecule has 0 atom stereocenters. The summed E-state index contributed by atoms with van der Waals surface area (Å²) in [5.74, 6) is -0.385. The third kappa shape index (κ3) is 4.72. The Bertz CT molecular complexity index is 1100. The molecule has 29 heavy (non-hydrogen) atoms. The highest BCUT2D eigenvalue weighted by atomic mass is 79.9. The average Bonchev–Trinajstić information content (AvgIpc) is 3.05. The van der Waals surface area contributed by atoms with Gasteiger partial charge < -0.3 is 5.32 Å². The number of rotatable bonds is 5. The lowest BCUT2D eigenvalue weighted by Gasteiger charge is -2.08. The molecule has 0 aliphatic heterocycles. The SMILES string of the molecule is O=C(CC1=CC(=Cc2ccc(Br)cc2)c2ccc(F)cc21)NCc1ccccc1. The molecule has 1 N–H and O–H groups in total. The zero-order valence-electron chi connectivity index (χ0n) is 15.7. The molecule has 1 aliphatic rings. The molecule has 0 radical (unpaired) electrons. The first kappa shape index (κ1) is 19.3. The number of fused-ring (bicyclic) bond motifs is 1. The highest BCUT2D eigenvalue weighted by molar-refractivity contribution is 9.10. The number of nitrogens with one attached hydrogen (secondary N) is 1. The van der Waals surface area contributed by atoms with E-state index in [1.165, 1.54) is 12.1 Å². The van der Waals surface area contributed by atoms with Crippen molar-refractivity contribution in [3.05, 3.63) is 111 Å². The summed E-state index contributed by atoms with van der Waals surface area (Å²) < 4.78 is 14.9. The summed E-state index contributed by atoms with van der Waals surface area (Å²) in [5.41, 5.74) is 5.62. The van der Waals surface area contributed by atoms with Crippen molar-refractivity contribution in [1.29, 1.82) is 0 Å². The minimum Gasteiger partial charge on any atom is -0.352 e. The van der Waals surface area contributed by atoms with Crippen LogP contribution in [0.3, 0.4) is 0 Å². The maximum Gasteiger partial charge on any atom is 0.224 e. The third-order valence-electron chi connectivity index (χ3n) is 4.84. The molecule has 144 valence electrons. The van der Waals surface area contributed by atoms with Gasteiger partial charge in [-0.2, -0.15) is 0 Å². The van der Waals surface area contributed by atoms with Gasteiger partial charge in [0.05, 0.1) is 6.42 Å². The number of allylic oxidation sites excluding steroid dienone is 2. The van der Waals surface area contributed by atoms with Gasteiger partial charge in [0.1, 0.15) is 5.82 Å². The zero-order chi connectivity index (χ0) is 20.2. The number of benzene rings is 3. The fourth-order valence-electron chi connectivity index (χ4n) is 3.41. The van der Waals surface area contributed by atoms with Crippen LogP contribution in [0.1, 0.15) is 28.7 Å².